The van der Waals surface area contributed by atoms with E-state index in [-0.39, 0.29) is 12.1 Å². The van der Waals surface area contributed by atoms with E-state index in [0.29, 0.717) is 17.0 Å². The zero-order chi connectivity index (χ0) is 18.6. The van der Waals surface area contributed by atoms with E-state index in [1.807, 2.05) is 0 Å². The minimum Gasteiger partial charge on any atom is -0.496 e. The van der Waals surface area contributed by atoms with Crippen molar-refractivity contribution in [3.05, 3.63) is 63.1 Å². The number of aromatic nitrogens is 1. The number of H-pyrrole nitrogens is 1. The molecule has 1 aromatic carbocycles. The maximum Gasteiger partial charge on any atom is 0.323 e. The summed E-state index contributed by atoms with van der Waals surface area (Å²) in [6.07, 6.45) is 0. The number of amides is 1. The average Bonchev–Trinajstić information content (AvgIpc) is 2.57. The topological polar surface area (TPSA) is 99.7 Å². The fraction of sp³-hybridized carbons (Fsp3) is 0.278. The molecular formula is C18H20N2O5. The lowest BCUT2D eigenvalue weighted by Gasteiger charge is -2.22. The molecule has 0 saturated heterocycles. The van der Waals surface area contributed by atoms with Crippen molar-refractivity contribution in [2.75, 3.05) is 13.7 Å². The SMILES string of the molecule is COc1ccccc1CN(CC(=O)O)C(=O)c1cc(C)c(C)[nH]c1=O. The Balaban J connectivity index is 2.40. The molecule has 0 aliphatic heterocycles. The third kappa shape index (κ3) is 4.26. The number of carbonyl (C=O) groups excluding carboxylic acids is 1. The molecule has 132 valence electrons. The van der Waals surface area contributed by atoms with Crippen LogP contribution in [-0.2, 0) is 11.3 Å². The van der Waals surface area contributed by atoms with Gasteiger partial charge in [-0.15, -0.1) is 0 Å². The minimum atomic E-state index is -1.16. The van der Waals surface area contributed by atoms with E-state index >= 15 is 0 Å². The van der Waals surface area contributed by atoms with Crippen LogP contribution in [0.4, 0.5) is 0 Å². The highest BCUT2D eigenvalue weighted by Crippen LogP contribution is 2.20. The van der Waals surface area contributed by atoms with E-state index < -0.39 is 24.0 Å². The lowest BCUT2D eigenvalue weighted by molar-refractivity contribution is -0.137. The van der Waals surface area contributed by atoms with Crippen LogP contribution in [0.3, 0.4) is 0 Å². The van der Waals surface area contributed by atoms with Crippen LogP contribution in [0.15, 0.2) is 35.1 Å². The molecule has 1 aromatic heterocycles. The number of rotatable bonds is 6. The zero-order valence-electron chi connectivity index (χ0n) is 14.3. The number of para-hydroxylation sites is 1. The second kappa shape index (κ2) is 7.65. The molecule has 2 aromatic rings. The number of carbonyl (C=O) groups is 2. The van der Waals surface area contributed by atoms with Crippen molar-refractivity contribution in [1.29, 1.82) is 0 Å². The van der Waals surface area contributed by atoms with Crippen LogP contribution < -0.4 is 10.3 Å². The molecule has 0 aliphatic rings. The molecule has 1 heterocycles. The molecule has 0 bridgehead atoms. The Labute approximate surface area is 144 Å². The third-order valence-electron chi connectivity index (χ3n) is 3.90. The van der Waals surface area contributed by atoms with Gasteiger partial charge in [-0.2, -0.15) is 0 Å². The minimum absolute atomic E-state index is 0.0154. The Bertz CT molecular complexity index is 857. The van der Waals surface area contributed by atoms with Crippen LogP contribution in [0.25, 0.3) is 0 Å². The Morgan fingerprint density at radius 2 is 1.92 bits per heavy atom. The Kier molecular flexibility index (Phi) is 5.59. The molecule has 25 heavy (non-hydrogen) atoms. The standard InChI is InChI=1S/C18H20N2O5/c1-11-8-14(17(23)19-12(11)2)18(24)20(10-16(21)22)9-13-6-4-5-7-15(13)25-3/h4-8H,9-10H2,1-3H3,(H,19,23)(H,21,22). The summed E-state index contributed by atoms with van der Waals surface area (Å²) in [5, 5.41) is 9.14. The van der Waals surface area contributed by atoms with Crippen LogP contribution in [0.1, 0.15) is 27.2 Å². The molecule has 0 fully saturated rings. The maximum absolute atomic E-state index is 12.8. The summed E-state index contributed by atoms with van der Waals surface area (Å²) >= 11 is 0. The average molecular weight is 344 g/mol. The molecule has 0 radical (unpaired) electrons. The summed E-state index contributed by atoms with van der Waals surface area (Å²) in [5.41, 5.74) is 1.44. The van der Waals surface area contributed by atoms with Gasteiger partial charge in [-0.25, -0.2) is 0 Å². The second-order valence-electron chi connectivity index (χ2n) is 5.69. The van der Waals surface area contributed by atoms with E-state index in [0.717, 1.165) is 10.5 Å². The molecule has 2 N–H and O–H groups in total. The highest BCUT2D eigenvalue weighted by Gasteiger charge is 2.23. The van der Waals surface area contributed by atoms with Gasteiger partial charge in [-0.1, -0.05) is 18.2 Å². The van der Waals surface area contributed by atoms with Gasteiger partial charge in [0.25, 0.3) is 11.5 Å². The van der Waals surface area contributed by atoms with Crippen LogP contribution in [-0.4, -0.2) is 40.5 Å². The first-order valence-electron chi connectivity index (χ1n) is 7.67. The number of aryl methyl sites for hydroxylation is 2. The van der Waals surface area contributed by atoms with Gasteiger partial charge < -0.3 is 19.7 Å². The number of hydrogen-bond acceptors (Lipinski definition) is 4. The number of ether oxygens (including phenoxy) is 1. The van der Waals surface area contributed by atoms with Crippen LogP contribution in [0.5, 0.6) is 5.75 Å². The predicted molar refractivity (Wildman–Crippen MR) is 91.9 cm³/mol. The van der Waals surface area contributed by atoms with E-state index in [2.05, 4.69) is 4.98 Å². The maximum atomic E-state index is 12.8. The van der Waals surface area contributed by atoms with Gasteiger partial charge in [0.05, 0.1) is 13.7 Å². The largest absolute Gasteiger partial charge is 0.496 e. The van der Waals surface area contributed by atoms with Crippen molar-refractivity contribution >= 4 is 11.9 Å². The smallest absolute Gasteiger partial charge is 0.323 e. The van der Waals surface area contributed by atoms with E-state index in [1.165, 1.54) is 13.2 Å². The summed E-state index contributed by atoms with van der Waals surface area (Å²) in [5.74, 6) is -1.26. The molecule has 0 atom stereocenters. The number of hydrogen-bond donors (Lipinski definition) is 2. The van der Waals surface area contributed by atoms with Crippen LogP contribution >= 0.6 is 0 Å². The van der Waals surface area contributed by atoms with E-state index in [4.69, 9.17) is 9.84 Å². The number of methoxy groups -OCH3 is 1. The van der Waals surface area contributed by atoms with Gasteiger partial charge >= 0.3 is 5.97 Å². The summed E-state index contributed by atoms with van der Waals surface area (Å²) < 4.78 is 5.24. The number of aliphatic carboxylic acids is 1. The van der Waals surface area contributed by atoms with Gasteiger partial charge in [0.2, 0.25) is 0 Å². The summed E-state index contributed by atoms with van der Waals surface area (Å²) in [4.78, 5) is 39.8. The molecule has 1 amide bonds. The molecule has 0 saturated carbocycles. The molecule has 7 nitrogen and oxygen atoms in total. The number of pyridine rings is 1. The molecule has 0 unspecified atom stereocenters. The van der Waals surface area contributed by atoms with Gasteiger partial charge in [-0.05, 0) is 31.5 Å². The number of nitrogens with one attached hydrogen (secondary N) is 1. The second-order valence-corrected chi connectivity index (χ2v) is 5.69. The van der Waals surface area contributed by atoms with Crippen molar-refractivity contribution in [3.8, 4) is 5.75 Å². The molecule has 7 heteroatoms. The highest BCUT2D eigenvalue weighted by molar-refractivity contribution is 5.95. The molecular weight excluding hydrogens is 324 g/mol. The first kappa shape index (κ1) is 18.3. The lowest BCUT2D eigenvalue weighted by atomic mass is 10.1. The Hall–Kier alpha value is -3.09. The van der Waals surface area contributed by atoms with Crippen molar-refractivity contribution in [2.45, 2.75) is 20.4 Å². The quantitative estimate of drug-likeness (QED) is 0.831. The first-order chi connectivity index (χ1) is 11.8. The summed E-state index contributed by atoms with van der Waals surface area (Å²) in [6.45, 7) is 2.99. The van der Waals surface area contributed by atoms with Crippen LogP contribution in [0, 0.1) is 13.8 Å². The fourth-order valence-electron chi connectivity index (χ4n) is 2.46. The van der Waals surface area contributed by atoms with Gasteiger partial charge in [0, 0.05) is 11.3 Å². The Morgan fingerprint density at radius 1 is 1.24 bits per heavy atom. The summed E-state index contributed by atoms with van der Waals surface area (Å²) in [6, 6.07) is 8.49. The van der Waals surface area contributed by atoms with Gasteiger partial charge in [0.1, 0.15) is 17.9 Å². The number of carboxylic acid groups (broad SMARTS) is 1. The number of nitrogens with zero attached hydrogens (tertiary/aromatic N) is 1. The van der Waals surface area contributed by atoms with Crippen molar-refractivity contribution < 1.29 is 19.4 Å². The van der Waals surface area contributed by atoms with Crippen molar-refractivity contribution in [1.82, 2.24) is 9.88 Å². The normalized spacial score (nSPS) is 10.4. The predicted octanol–water partition coefficient (Wildman–Crippen LogP) is 1.73. The number of aromatic amines is 1. The molecule has 0 spiro atoms. The van der Waals surface area contributed by atoms with Crippen molar-refractivity contribution in [3.63, 3.8) is 0 Å². The fourth-order valence-corrected chi connectivity index (χ4v) is 2.46. The monoisotopic (exact) mass is 344 g/mol. The Morgan fingerprint density at radius 3 is 2.56 bits per heavy atom. The third-order valence-corrected chi connectivity index (χ3v) is 3.90. The zero-order valence-corrected chi connectivity index (χ0v) is 14.3. The van der Waals surface area contributed by atoms with Crippen LogP contribution in [0.2, 0.25) is 0 Å². The number of carboxylic acids is 1. The highest BCUT2D eigenvalue weighted by atomic mass is 16.5. The summed E-state index contributed by atoms with van der Waals surface area (Å²) in [7, 11) is 1.50. The van der Waals surface area contributed by atoms with Gasteiger partial charge in [0.15, 0.2) is 0 Å². The lowest BCUT2D eigenvalue weighted by Crippen LogP contribution is -2.38. The van der Waals surface area contributed by atoms with E-state index in [1.54, 1.807) is 38.1 Å². The number of benzene rings is 1. The molecule has 0 aliphatic carbocycles. The molecule has 2 rings (SSSR count). The first-order valence-corrected chi connectivity index (χ1v) is 7.67. The van der Waals surface area contributed by atoms with Gasteiger partial charge in [-0.3, -0.25) is 14.4 Å². The van der Waals surface area contributed by atoms with Crippen molar-refractivity contribution in [2.24, 2.45) is 0 Å². The van der Waals surface area contributed by atoms with E-state index in [9.17, 15) is 14.4 Å².